The lowest BCUT2D eigenvalue weighted by molar-refractivity contribution is -0.153. The molecule has 0 saturated heterocycles. The summed E-state index contributed by atoms with van der Waals surface area (Å²) in [6.07, 6.45) is 2.79. The molecule has 1 aromatic carbocycles. The zero-order chi connectivity index (χ0) is 22.4. The predicted molar refractivity (Wildman–Crippen MR) is 118 cm³/mol. The topological polar surface area (TPSA) is 90.9 Å². The zero-order valence-electron chi connectivity index (χ0n) is 17.4. The Labute approximate surface area is 189 Å². The van der Waals surface area contributed by atoms with Gasteiger partial charge in [-0.15, -0.1) is 11.3 Å². The number of carbonyl (C=O) groups excluding carboxylic acids is 3. The highest BCUT2D eigenvalue weighted by atomic mass is 35.5. The third-order valence-electron chi connectivity index (χ3n) is 4.71. The minimum atomic E-state index is -0.905. The molecule has 9 heteroatoms. The first-order chi connectivity index (χ1) is 14.9. The minimum Gasteiger partial charge on any atom is -0.479 e. The van der Waals surface area contributed by atoms with Gasteiger partial charge in [0.1, 0.15) is 10.8 Å². The van der Waals surface area contributed by atoms with Crippen molar-refractivity contribution in [2.45, 2.75) is 45.6 Å². The van der Waals surface area contributed by atoms with E-state index in [1.165, 1.54) is 18.3 Å². The van der Waals surface area contributed by atoms with Crippen LogP contribution in [0.3, 0.4) is 0 Å². The van der Waals surface area contributed by atoms with E-state index in [4.69, 9.17) is 25.8 Å². The Bertz CT molecular complexity index is 956. The number of nitrogens with one attached hydrogen (secondary N) is 1. The summed E-state index contributed by atoms with van der Waals surface area (Å²) >= 11 is 7.20. The van der Waals surface area contributed by atoms with E-state index >= 15 is 0 Å². The summed E-state index contributed by atoms with van der Waals surface area (Å²) in [6, 6.07) is 6.55. The number of hydrogen-bond acceptors (Lipinski definition) is 7. The third kappa shape index (κ3) is 5.98. The van der Waals surface area contributed by atoms with E-state index in [9.17, 15) is 14.4 Å². The van der Waals surface area contributed by atoms with Crippen LogP contribution in [0.5, 0.6) is 5.75 Å². The van der Waals surface area contributed by atoms with Gasteiger partial charge in [0.25, 0.3) is 5.91 Å². The molecule has 0 fully saturated rings. The van der Waals surface area contributed by atoms with Gasteiger partial charge in [-0.3, -0.25) is 4.79 Å². The third-order valence-corrected chi connectivity index (χ3v) is 6.17. The van der Waals surface area contributed by atoms with Crippen molar-refractivity contribution >= 4 is 45.8 Å². The number of fused-ring (bicyclic) bond motifs is 1. The minimum absolute atomic E-state index is 0.250. The number of thiophene rings is 1. The van der Waals surface area contributed by atoms with Crippen LogP contribution in [0.2, 0.25) is 5.02 Å². The van der Waals surface area contributed by atoms with E-state index in [1.54, 1.807) is 31.2 Å². The maximum atomic E-state index is 12.5. The largest absolute Gasteiger partial charge is 0.479 e. The van der Waals surface area contributed by atoms with Gasteiger partial charge in [0.05, 0.1) is 12.2 Å². The van der Waals surface area contributed by atoms with Crippen molar-refractivity contribution in [3.8, 4) is 5.75 Å². The summed E-state index contributed by atoms with van der Waals surface area (Å²) in [6.45, 7) is 3.03. The standard InChI is InChI=1S/C22H24ClNO6S/c1-3-28-22(27)19-16-6-4-5-7-17(16)31-20(19)24-18(25)12-29-21(26)13(2)30-15-10-8-14(23)9-11-15/h8-11,13H,3-7,12H2,1-2H3,(H,24,25). The molecule has 3 rings (SSSR count). The van der Waals surface area contributed by atoms with Crippen molar-refractivity contribution in [2.75, 3.05) is 18.5 Å². The number of rotatable bonds is 8. The molecule has 1 aliphatic rings. The van der Waals surface area contributed by atoms with Gasteiger partial charge in [0.2, 0.25) is 0 Å². The van der Waals surface area contributed by atoms with Gasteiger partial charge in [-0.25, -0.2) is 9.59 Å². The Balaban J connectivity index is 1.59. The average molecular weight is 466 g/mol. The Morgan fingerprint density at radius 3 is 2.55 bits per heavy atom. The highest BCUT2D eigenvalue weighted by Crippen LogP contribution is 2.38. The highest BCUT2D eigenvalue weighted by Gasteiger charge is 2.27. The summed E-state index contributed by atoms with van der Waals surface area (Å²) in [5.41, 5.74) is 1.37. The van der Waals surface area contributed by atoms with Crippen LogP contribution in [0.25, 0.3) is 0 Å². The molecule has 7 nitrogen and oxygen atoms in total. The normalized spacial score (nSPS) is 13.6. The second-order valence-electron chi connectivity index (χ2n) is 7.01. The lowest BCUT2D eigenvalue weighted by Gasteiger charge is -2.14. The van der Waals surface area contributed by atoms with E-state index in [2.05, 4.69) is 5.32 Å². The summed E-state index contributed by atoms with van der Waals surface area (Å²) < 4.78 is 15.7. The Hall–Kier alpha value is -2.58. The van der Waals surface area contributed by atoms with Gasteiger partial charge in [-0.05, 0) is 69.4 Å². The molecule has 31 heavy (non-hydrogen) atoms. The van der Waals surface area contributed by atoms with Crippen LogP contribution in [0.4, 0.5) is 5.00 Å². The van der Waals surface area contributed by atoms with Gasteiger partial charge in [-0.2, -0.15) is 0 Å². The Morgan fingerprint density at radius 2 is 1.84 bits per heavy atom. The van der Waals surface area contributed by atoms with Crippen LogP contribution in [0.15, 0.2) is 24.3 Å². The molecule has 1 aliphatic carbocycles. The molecule has 1 heterocycles. The van der Waals surface area contributed by atoms with Crippen molar-refractivity contribution in [2.24, 2.45) is 0 Å². The molecule has 0 saturated carbocycles. The highest BCUT2D eigenvalue weighted by molar-refractivity contribution is 7.17. The number of aryl methyl sites for hydroxylation is 1. The molecule has 166 valence electrons. The smallest absolute Gasteiger partial charge is 0.347 e. The van der Waals surface area contributed by atoms with Gasteiger partial charge < -0.3 is 19.5 Å². The number of benzene rings is 1. The second kappa shape index (κ2) is 10.6. The SMILES string of the molecule is CCOC(=O)c1c(NC(=O)COC(=O)C(C)Oc2ccc(Cl)cc2)sc2c1CCCC2. The predicted octanol–water partition coefficient (Wildman–Crippen LogP) is 4.41. The molecule has 0 radical (unpaired) electrons. The first-order valence-electron chi connectivity index (χ1n) is 10.1. The number of carbonyl (C=O) groups is 3. The molecule has 0 bridgehead atoms. The van der Waals surface area contributed by atoms with Crippen LogP contribution in [0.1, 0.15) is 47.5 Å². The molecule has 1 N–H and O–H groups in total. The Morgan fingerprint density at radius 1 is 1.13 bits per heavy atom. The van der Waals surface area contributed by atoms with Crippen LogP contribution in [-0.2, 0) is 31.9 Å². The van der Waals surface area contributed by atoms with Crippen LogP contribution >= 0.6 is 22.9 Å². The lowest BCUT2D eigenvalue weighted by Crippen LogP contribution is -2.29. The fourth-order valence-electron chi connectivity index (χ4n) is 3.26. The van der Waals surface area contributed by atoms with Crippen molar-refractivity contribution < 1.29 is 28.6 Å². The number of halogens is 1. The fraction of sp³-hybridized carbons (Fsp3) is 0.409. The monoisotopic (exact) mass is 465 g/mol. The number of hydrogen-bond donors (Lipinski definition) is 1. The van der Waals surface area contributed by atoms with Crippen molar-refractivity contribution in [1.82, 2.24) is 0 Å². The first-order valence-corrected chi connectivity index (χ1v) is 11.3. The van der Waals surface area contributed by atoms with E-state index in [1.807, 2.05) is 0 Å². The maximum Gasteiger partial charge on any atom is 0.347 e. The molecular formula is C22H24ClNO6S. The summed E-state index contributed by atoms with van der Waals surface area (Å²) in [5.74, 6) is -1.20. The lowest BCUT2D eigenvalue weighted by atomic mass is 9.95. The number of ether oxygens (including phenoxy) is 3. The van der Waals surface area contributed by atoms with Crippen LogP contribution in [-0.4, -0.2) is 37.2 Å². The van der Waals surface area contributed by atoms with Crippen molar-refractivity contribution in [1.29, 1.82) is 0 Å². The van der Waals surface area contributed by atoms with Crippen LogP contribution in [0, 0.1) is 0 Å². The summed E-state index contributed by atoms with van der Waals surface area (Å²) in [4.78, 5) is 38.1. The molecular weight excluding hydrogens is 442 g/mol. The van der Waals surface area contributed by atoms with Gasteiger partial charge in [0, 0.05) is 9.90 Å². The fourth-order valence-corrected chi connectivity index (χ4v) is 4.67. The number of esters is 2. The Kier molecular flexibility index (Phi) is 7.92. The van der Waals surface area contributed by atoms with Crippen LogP contribution < -0.4 is 10.1 Å². The number of amides is 1. The van der Waals surface area contributed by atoms with E-state index in [0.29, 0.717) is 21.3 Å². The molecule has 0 aliphatic heterocycles. The first kappa shape index (κ1) is 23.1. The van der Waals surface area contributed by atoms with Gasteiger partial charge >= 0.3 is 11.9 Å². The molecule has 1 atom stereocenters. The van der Waals surface area contributed by atoms with Gasteiger partial charge in [-0.1, -0.05) is 11.6 Å². The second-order valence-corrected chi connectivity index (χ2v) is 8.55. The number of anilines is 1. The molecule has 0 spiro atoms. The average Bonchev–Trinajstić information content (AvgIpc) is 3.11. The quantitative estimate of drug-likeness (QED) is 0.581. The maximum absolute atomic E-state index is 12.5. The summed E-state index contributed by atoms with van der Waals surface area (Å²) in [5, 5.41) is 3.70. The van der Waals surface area contributed by atoms with Crippen molar-refractivity contribution in [3.05, 3.63) is 45.3 Å². The van der Waals surface area contributed by atoms with Gasteiger partial charge in [0.15, 0.2) is 12.7 Å². The molecule has 1 amide bonds. The summed E-state index contributed by atoms with van der Waals surface area (Å²) in [7, 11) is 0. The van der Waals surface area contributed by atoms with Crippen molar-refractivity contribution in [3.63, 3.8) is 0 Å². The molecule has 2 aromatic rings. The van der Waals surface area contributed by atoms with E-state index < -0.39 is 30.6 Å². The van der Waals surface area contributed by atoms with E-state index in [0.717, 1.165) is 36.1 Å². The zero-order valence-corrected chi connectivity index (χ0v) is 18.9. The molecule has 1 aromatic heterocycles. The van der Waals surface area contributed by atoms with E-state index in [-0.39, 0.29) is 6.61 Å². The molecule has 1 unspecified atom stereocenters.